The molecule has 0 radical (unpaired) electrons. The second kappa shape index (κ2) is 5.65. The molecule has 16 heavy (non-hydrogen) atoms. The average Bonchev–Trinajstić information content (AvgIpc) is 2.59. The van der Waals surface area contributed by atoms with Crippen LogP contribution in [0.3, 0.4) is 0 Å². The second-order valence-electron chi connectivity index (χ2n) is 3.86. The van der Waals surface area contributed by atoms with Crippen molar-refractivity contribution in [1.29, 1.82) is 0 Å². The number of aliphatic hydroxyl groups excluding tert-OH is 1. The van der Waals surface area contributed by atoms with Gasteiger partial charge in [0.05, 0.1) is 11.8 Å². The molecule has 1 atom stereocenters. The van der Waals surface area contributed by atoms with Gasteiger partial charge >= 0.3 is 0 Å². The van der Waals surface area contributed by atoms with Gasteiger partial charge in [-0.3, -0.25) is 9.48 Å². The van der Waals surface area contributed by atoms with Crippen molar-refractivity contribution in [2.75, 3.05) is 6.61 Å². The lowest BCUT2D eigenvalue weighted by Crippen LogP contribution is -2.35. The van der Waals surface area contributed by atoms with Crippen LogP contribution < -0.4 is 5.32 Å². The number of carbonyl (C=O) groups excluding carboxylic acids is 1. The lowest BCUT2D eigenvalue weighted by molar-refractivity contribution is 0.0928. The second-order valence-corrected chi connectivity index (χ2v) is 3.86. The molecule has 2 N–H and O–H groups in total. The van der Waals surface area contributed by atoms with Crippen LogP contribution in [0.5, 0.6) is 0 Å². The maximum Gasteiger partial charge on any atom is 0.254 e. The van der Waals surface area contributed by atoms with Crippen LogP contribution in [0.15, 0.2) is 6.20 Å². The third-order valence-electron chi connectivity index (χ3n) is 2.79. The number of carbonyl (C=O) groups is 1. The molecule has 5 nitrogen and oxygen atoms in total. The van der Waals surface area contributed by atoms with Crippen molar-refractivity contribution in [1.82, 2.24) is 15.1 Å². The summed E-state index contributed by atoms with van der Waals surface area (Å²) in [4.78, 5) is 11.9. The van der Waals surface area contributed by atoms with E-state index < -0.39 is 0 Å². The Labute approximate surface area is 95.5 Å². The Balaban J connectivity index is 2.68. The van der Waals surface area contributed by atoms with Gasteiger partial charge in [0.25, 0.3) is 5.91 Å². The molecule has 0 bridgehead atoms. The zero-order valence-corrected chi connectivity index (χ0v) is 10.0. The van der Waals surface area contributed by atoms with Crippen LogP contribution in [0.25, 0.3) is 0 Å². The van der Waals surface area contributed by atoms with Crippen LogP contribution in [-0.2, 0) is 7.05 Å². The molecule has 1 amide bonds. The summed E-state index contributed by atoms with van der Waals surface area (Å²) in [5.41, 5.74) is 1.44. The van der Waals surface area contributed by atoms with E-state index in [9.17, 15) is 4.79 Å². The Kier molecular flexibility index (Phi) is 4.49. The van der Waals surface area contributed by atoms with E-state index in [4.69, 9.17) is 5.11 Å². The fourth-order valence-corrected chi connectivity index (χ4v) is 1.52. The van der Waals surface area contributed by atoms with Crippen LogP contribution in [0.2, 0.25) is 0 Å². The monoisotopic (exact) mass is 225 g/mol. The van der Waals surface area contributed by atoms with Crippen molar-refractivity contribution in [2.24, 2.45) is 7.05 Å². The molecule has 1 aromatic heterocycles. The summed E-state index contributed by atoms with van der Waals surface area (Å²) in [6, 6.07) is 0.0251. The lowest BCUT2D eigenvalue weighted by Gasteiger charge is -2.15. The normalized spacial score (nSPS) is 12.5. The summed E-state index contributed by atoms with van der Waals surface area (Å²) in [5, 5.41) is 15.8. The number of aliphatic hydroxyl groups is 1. The zero-order valence-electron chi connectivity index (χ0n) is 10.0. The predicted molar refractivity (Wildman–Crippen MR) is 61.2 cm³/mol. The van der Waals surface area contributed by atoms with Gasteiger partial charge in [-0.25, -0.2) is 0 Å². The zero-order chi connectivity index (χ0) is 12.1. The van der Waals surface area contributed by atoms with Crippen molar-refractivity contribution in [3.63, 3.8) is 0 Å². The molecule has 1 unspecified atom stereocenters. The summed E-state index contributed by atoms with van der Waals surface area (Å²) in [6.07, 6.45) is 2.96. The Morgan fingerprint density at radius 1 is 1.69 bits per heavy atom. The lowest BCUT2D eigenvalue weighted by atomic mass is 10.1. The molecule has 0 aliphatic carbocycles. The molecule has 1 rings (SSSR count). The van der Waals surface area contributed by atoms with Crippen LogP contribution in [0.4, 0.5) is 0 Å². The SMILES string of the molecule is CCC(CCO)NC(=O)c1cnn(C)c1C. The van der Waals surface area contributed by atoms with Gasteiger partial charge in [0.1, 0.15) is 0 Å². The fraction of sp³-hybridized carbons (Fsp3) is 0.636. The largest absolute Gasteiger partial charge is 0.396 e. The number of hydrogen-bond donors (Lipinski definition) is 2. The average molecular weight is 225 g/mol. The molecular weight excluding hydrogens is 206 g/mol. The highest BCUT2D eigenvalue weighted by molar-refractivity contribution is 5.95. The summed E-state index contributed by atoms with van der Waals surface area (Å²) >= 11 is 0. The Hall–Kier alpha value is -1.36. The van der Waals surface area contributed by atoms with Crippen molar-refractivity contribution in [3.8, 4) is 0 Å². The smallest absolute Gasteiger partial charge is 0.254 e. The molecule has 5 heteroatoms. The number of aryl methyl sites for hydroxylation is 1. The molecule has 0 saturated heterocycles. The molecule has 1 aromatic rings. The molecule has 0 aliphatic heterocycles. The Morgan fingerprint density at radius 3 is 2.81 bits per heavy atom. The van der Waals surface area contributed by atoms with Gasteiger partial charge in [0, 0.05) is 25.4 Å². The summed E-state index contributed by atoms with van der Waals surface area (Å²) in [7, 11) is 1.80. The first-order valence-corrected chi connectivity index (χ1v) is 5.50. The first-order chi connectivity index (χ1) is 7.60. The third-order valence-corrected chi connectivity index (χ3v) is 2.79. The fourth-order valence-electron chi connectivity index (χ4n) is 1.52. The van der Waals surface area contributed by atoms with E-state index >= 15 is 0 Å². The molecule has 0 saturated carbocycles. The molecule has 0 aromatic carbocycles. The maximum absolute atomic E-state index is 11.9. The number of nitrogens with one attached hydrogen (secondary N) is 1. The van der Waals surface area contributed by atoms with E-state index in [1.807, 2.05) is 13.8 Å². The van der Waals surface area contributed by atoms with Crippen LogP contribution in [-0.4, -0.2) is 33.4 Å². The van der Waals surface area contributed by atoms with Gasteiger partial charge in [-0.05, 0) is 19.8 Å². The minimum atomic E-state index is -0.120. The Bertz CT molecular complexity index is 360. The predicted octanol–water partition coefficient (Wildman–Crippen LogP) is 0.619. The maximum atomic E-state index is 11.9. The van der Waals surface area contributed by atoms with E-state index in [0.29, 0.717) is 12.0 Å². The first kappa shape index (κ1) is 12.7. The topological polar surface area (TPSA) is 67.2 Å². The number of amides is 1. The first-order valence-electron chi connectivity index (χ1n) is 5.50. The van der Waals surface area contributed by atoms with E-state index in [1.54, 1.807) is 17.9 Å². The van der Waals surface area contributed by atoms with Crippen molar-refractivity contribution in [3.05, 3.63) is 17.5 Å². The standard InChI is InChI=1S/C11H19N3O2/c1-4-9(5-6-15)13-11(16)10-7-12-14(3)8(10)2/h7,9,15H,4-6H2,1-3H3,(H,13,16). The highest BCUT2D eigenvalue weighted by atomic mass is 16.3. The summed E-state index contributed by atoms with van der Waals surface area (Å²) in [5.74, 6) is -0.120. The molecule has 0 aliphatic rings. The molecule has 90 valence electrons. The highest BCUT2D eigenvalue weighted by Gasteiger charge is 2.15. The number of hydrogen-bond acceptors (Lipinski definition) is 3. The molecule has 1 heterocycles. The van der Waals surface area contributed by atoms with Gasteiger partial charge in [0.2, 0.25) is 0 Å². The number of nitrogens with zero attached hydrogens (tertiary/aromatic N) is 2. The number of rotatable bonds is 5. The van der Waals surface area contributed by atoms with E-state index in [2.05, 4.69) is 10.4 Å². The minimum absolute atomic E-state index is 0.0251. The van der Waals surface area contributed by atoms with Gasteiger partial charge in [-0.2, -0.15) is 5.10 Å². The van der Waals surface area contributed by atoms with Gasteiger partial charge in [0.15, 0.2) is 0 Å². The summed E-state index contributed by atoms with van der Waals surface area (Å²) in [6.45, 7) is 3.93. The quantitative estimate of drug-likeness (QED) is 0.772. The Morgan fingerprint density at radius 2 is 2.38 bits per heavy atom. The van der Waals surface area contributed by atoms with Gasteiger partial charge < -0.3 is 10.4 Å². The van der Waals surface area contributed by atoms with Crippen molar-refractivity contribution < 1.29 is 9.90 Å². The van der Waals surface area contributed by atoms with E-state index in [0.717, 1.165) is 12.1 Å². The van der Waals surface area contributed by atoms with Gasteiger partial charge in [-0.1, -0.05) is 6.92 Å². The van der Waals surface area contributed by atoms with Crippen LogP contribution in [0, 0.1) is 6.92 Å². The van der Waals surface area contributed by atoms with E-state index in [1.165, 1.54) is 0 Å². The molecule has 0 spiro atoms. The molecule has 0 fully saturated rings. The van der Waals surface area contributed by atoms with Crippen molar-refractivity contribution in [2.45, 2.75) is 32.7 Å². The van der Waals surface area contributed by atoms with E-state index in [-0.39, 0.29) is 18.6 Å². The summed E-state index contributed by atoms with van der Waals surface area (Å²) < 4.78 is 1.67. The van der Waals surface area contributed by atoms with Crippen LogP contribution >= 0.6 is 0 Å². The third kappa shape index (κ3) is 2.82. The van der Waals surface area contributed by atoms with Crippen molar-refractivity contribution >= 4 is 5.91 Å². The highest BCUT2D eigenvalue weighted by Crippen LogP contribution is 2.07. The molecular formula is C11H19N3O2. The number of aromatic nitrogens is 2. The van der Waals surface area contributed by atoms with Gasteiger partial charge in [-0.15, -0.1) is 0 Å². The minimum Gasteiger partial charge on any atom is -0.396 e. The van der Waals surface area contributed by atoms with Crippen LogP contribution in [0.1, 0.15) is 35.8 Å².